The van der Waals surface area contributed by atoms with Gasteiger partial charge in [-0.15, -0.1) is 0 Å². The molecule has 0 atom stereocenters. The van der Waals surface area contributed by atoms with Crippen LogP contribution in [0.15, 0.2) is 24.3 Å². The predicted molar refractivity (Wildman–Crippen MR) is 83.5 cm³/mol. The topological polar surface area (TPSA) is 69.7 Å². The molecule has 0 saturated carbocycles. The van der Waals surface area contributed by atoms with Gasteiger partial charge < -0.3 is 15.1 Å². The van der Waals surface area contributed by atoms with Crippen molar-refractivity contribution in [3.05, 3.63) is 29.8 Å². The Morgan fingerprint density at radius 2 is 1.68 bits per heavy atom. The first-order valence-corrected chi connectivity index (χ1v) is 7.67. The SMILES string of the molecule is CC(=O)N1CCN(C(=O)CC(=O)Nc2cccc(C(F)(F)F)c2)CC1. The van der Waals surface area contributed by atoms with E-state index in [1.807, 2.05) is 0 Å². The molecular weight excluding hydrogens is 339 g/mol. The highest BCUT2D eigenvalue weighted by Gasteiger charge is 2.30. The van der Waals surface area contributed by atoms with Crippen LogP contribution >= 0.6 is 0 Å². The maximum Gasteiger partial charge on any atom is 0.416 e. The summed E-state index contributed by atoms with van der Waals surface area (Å²) in [7, 11) is 0. The van der Waals surface area contributed by atoms with E-state index in [2.05, 4.69) is 5.32 Å². The molecule has 0 radical (unpaired) electrons. The molecule has 2 rings (SSSR count). The Hall–Kier alpha value is -2.58. The molecule has 25 heavy (non-hydrogen) atoms. The third-order valence-electron chi connectivity index (χ3n) is 3.86. The molecule has 0 aliphatic carbocycles. The number of carbonyl (C=O) groups excluding carboxylic acids is 3. The number of nitrogens with zero attached hydrogens (tertiary/aromatic N) is 2. The van der Waals surface area contributed by atoms with Crippen LogP contribution < -0.4 is 5.32 Å². The van der Waals surface area contributed by atoms with Gasteiger partial charge in [-0.25, -0.2) is 0 Å². The monoisotopic (exact) mass is 357 g/mol. The Morgan fingerprint density at radius 3 is 2.24 bits per heavy atom. The number of rotatable bonds is 3. The lowest BCUT2D eigenvalue weighted by atomic mass is 10.2. The number of hydrogen-bond donors (Lipinski definition) is 1. The Kier molecular flexibility index (Phi) is 5.66. The van der Waals surface area contributed by atoms with Crippen molar-refractivity contribution in [2.75, 3.05) is 31.5 Å². The van der Waals surface area contributed by atoms with Crippen LogP contribution in [0.25, 0.3) is 0 Å². The molecule has 0 unspecified atom stereocenters. The summed E-state index contributed by atoms with van der Waals surface area (Å²) < 4.78 is 37.9. The minimum absolute atomic E-state index is 0.0194. The second-order valence-corrected chi connectivity index (χ2v) is 5.69. The van der Waals surface area contributed by atoms with Crippen LogP contribution in [0.2, 0.25) is 0 Å². The molecule has 1 aromatic rings. The predicted octanol–water partition coefficient (Wildman–Crippen LogP) is 1.72. The van der Waals surface area contributed by atoms with E-state index < -0.39 is 30.0 Å². The molecule has 1 N–H and O–H groups in total. The largest absolute Gasteiger partial charge is 0.416 e. The van der Waals surface area contributed by atoms with Gasteiger partial charge >= 0.3 is 6.18 Å². The van der Waals surface area contributed by atoms with E-state index in [-0.39, 0.29) is 11.6 Å². The van der Waals surface area contributed by atoms with E-state index in [0.717, 1.165) is 12.1 Å². The fourth-order valence-corrected chi connectivity index (χ4v) is 2.50. The van der Waals surface area contributed by atoms with Gasteiger partial charge in [-0.1, -0.05) is 6.07 Å². The normalized spacial score (nSPS) is 15.0. The van der Waals surface area contributed by atoms with Crippen molar-refractivity contribution in [3.8, 4) is 0 Å². The molecule has 0 aromatic heterocycles. The summed E-state index contributed by atoms with van der Waals surface area (Å²) in [6.45, 7) is 2.90. The van der Waals surface area contributed by atoms with Crippen LogP contribution in [0.3, 0.4) is 0 Å². The molecule has 1 fully saturated rings. The maximum absolute atomic E-state index is 12.6. The quantitative estimate of drug-likeness (QED) is 0.838. The van der Waals surface area contributed by atoms with Gasteiger partial charge in [0.25, 0.3) is 0 Å². The van der Waals surface area contributed by atoms with E-state index in [9.17, 15) is 27.6 Å². The molecule has 1 saturated heterocycles. The first-order valence-electron chi connectivity index (χ1n) is 7.67. The zero-order chi connectivity index (χ0) is 18.6. The summed E-state index contributed by atoms with van der Waals surface area (Å²) in [6, 6.07) is 4.22. The first-order chi connectivity index (χ1) is 11.7. The molecule has 1 aliphatic rings. The number of hydrogen-bond acceptors (Lipinski definition) is 3. The van der Waals surface area contributed by atoms with Crippen molar-refractivity contribution in [2.24, 2.45) is 0 Å². The van der Waals surface area contributed by atoms with Crippen LogP contribution in [0.1, 0.15) is 18.9 Å². The molecule has 0 spiro atoms. The highest BCUT2D eigenvalue weighted by molar-refractivity contribution is 6.03. The first kappa shape index (κ1) is 18.8. The summed E-state index contributed by atoms with van der Waals surface area (Å²) in [5.74, 6) is -1.18. The van der Waals surface area contributed by atoms with Crippen molar-refractivity contribution in [2.45, 2.75) is 19.5 Å². The standard InChI is InChI=1S/C16H18F3N3O3/c1-11(23)21-5-7-22(8-6-21)15(25)10-14(24)20-13-4-2-3-12(9-13)16(17,18)19/h2-4,9H,5-8,10H2,1H3,(H,20,24). The molecule has 1 aliphatic heterocycles. The van der Waals surface area contributed by atoms with Gasteiger partial charge in [-0.3, -0.25) is 14.4 Å². The zero-order valence-electron chi connectivity index (χ0n) is 13.6. The van der Waals surface area contributed by atoms with Crippen molar-refractivity contribution < 1.29 is 27.6 Å². The molecular formula is C16H18F3N3O3. The summed E-state index contributed by atoms with van der Waals surface area (Å²) in [5, 5.41) is 2.30. The van der Waals surface area contributed by atoms with Gasteiger partial charge in [0.05, 0.1) is 5.56 Å². The average molecular weight is 357 g/mol. The minimum Gasteiger partial charge on any atom is -0.339 e. The molecule has 0 bridgehead atoms. The lowest BCUT2D eigenvalue weighted by Gasteiger charge is -2.34. The summed E-state index contributed by atoms with van der Waals surface area (Å²) in [6.07, 6.45) is -4.97. The smallest absolute Gasteiger partial charge is 0.339 e. The van der Waals surface area contributed by atoms with Crippen molar-refractivity contribution >= 4 is 23.4 Å². The van der Waals surface area contributed by atoms with E-state index in [1.54, 1.807) is 4.90 Å². The van der Waals surface area contributed by atoms with E-state index in [1.165, 1.54) is 24.0 Å². The number of anilines is 1. The van der Waals surface area contributed by atoms with E-state index >= 15 is 0 Å². The Labute approximate surface area is 142 Å². The molecule has 9 heteroatoms. The van der Waals surface area contributed by atoms with Crippen LogP contribution in [-0.2, 0) is 20.6 Å². The lowest BCUT2D eigenvalue weighted by Crippen LogP contribution is -2.50. The Morgan fingerprint density at radius 1 is 1.08 bits per heavy atom. The van der Waals surface area contributed by atoms with Crippen LogP contribution in [-0.4, -0.2) is 53.7 Å². The fourth-order valence-electron chi connectivity index (χ4n) is 2.50. The molecule has 136 valence electrons. The van der Waals surface area contributed by atoms with Gasteiger partial charge in [0.2, 0.25) is 17.7 Å². The summed E-state index contributed by atoms with van der Waals surface area (Å²) >= 11 is 0. The van der Waals surface area contributed by atoms with Gasteiger partial charge in [0, 0.05) is 38.8 Å². The number of carbonyl (C=O) groups is 3. The number of nitrogens with one attached hydrogen (secondary N) is 1. The highest BCUT2D eigenvalue weighted by atomic mass is 19.4. The molecule has 6 nitrogen and oxygen atoms in total. The molecule has 1 heterocycles. The van der Waals surface area contributed by atoms with E-state index in [4.69, 9.17) is 0 Å². The summed E-state index contributed by atoms with van der Waals surface area (Å²) in [5.41, 5.74) is -0.897. The van der Waals surface area contributed by atoms with Gasteiger partial charge in [-0.2, -0.15) is 13.2 Å². The summed E-state index contributed by atoms with van der Waals surface area (Å²) in [4.78, 5) is 38.3. The van der Waals surface area contributed by atoms with E-state index in [0.29, 0.717) is 26.2 Å². The average Bonchev–Trinajstić information content (AvgIpc) is 2.54. The fraction of sp³-hybridized carbons (Fsp3) is 0.438. The second-order valence-electron chi connectivity index (χ2n) is 5.69. The van der Waals surface area contributed by atoms with Crippen molar-refractivity contribution in [3.63, 3.8) is 0 Å². The zero-order valence-corrected chi connectivity index (χ0v) is 13.6. The lowest BCUT2D eigenvalue weighted by molar-refractivity contribution is -0.140. The minimum atomic E-state index is -4.51. The third-order valence-corrected chi connectivity index (χ3v) is 3.86. The van der Waals surface area contributed by atoms with Crippen molar-refractivity contribution in [1.82, 2.24) is 9.80 Å². The van der Waals surface area contributed by atoms with Gasteiger partial charge in [0.1, 0.15) is 6.42 Å². The third kappa shape index (κ3) is 5.20. The molecule has 1 aromatic carbocycles. The maximum atomic E-state index is 12.6. The van der Waals surface area contributed by atoms with Crippen molar-refractivity contribution in [1.29, 1.82) is 0 Å². The number of alkyl halides is 3. The van der Waals surface area contributed by atoms with Crippen LogP contribution in [0.5, 0.6) is 0 Å². The second kappa shape index (κ2) is 7.54. The number of benzene rings is 1. The highest BCUT2D eigenvalue weighted by Crippen LogP contribution is 2.30. The molecule has 3 amide bonds. The number of amides is 3. The van der Waals surface area contributed by atoms with Gasteiger partial charge in [-0.05, 0) is 18.2 Å². The Balaban J connectivity index is 1.88. The van der Waals surface area contributed by atoms with Gasteiger partial charge in [0.15, 0.2) is 0 Å². The van der Waals surface area contributed by atoms with Crippen LogP contribution in [0.4, 0.5) is 18.9 Å². The van der Waals surface area contributed by atoms with Crippen LogP contribution in [0, 0.1) is 0 Å². The number of piperazine rings is 1. The number of halogens is 3. The Bertz CT molecular complexity index is 668.